The van der Waals surface area contributed by atoms with Crippen molar-refractivity contribution in [1.82, 2.24) is 4.90 Å². The lowest BCUT2D eigenvalue weighted by atomic mass is 9.89. The molecule has 2 aliphatic rings. The highest BCUT2D eigenvalue weighted by Gasteiger charge is 2.31. The summed E-state index contributed by atoms with van der Waals surface area (Å²) in [6, 6.07) is 4.61. The molecule has 1 heterocycles. The third kappa shape index (κ3) is 4.16. The van der Waals surface area contributed by atoms with Crippen LogP contribution in [0.5, 0.6) is 11.5 Å². The number of ether oxygens (including phenoxy) is 2. The van der Waals surface area contributed by atoms with Crippen LogP contribution in [-0.4, -0.2) is 41.9 Å². The molecule has 5 heteroatoms. The van der Waals surface area contributed by atoms with E-state index >= 15 is 0 Å². The molecule has 1 saturated carbocycles. The van der Waals surface area contributed by atoms with Crippen molar-refractivity contribution in [3.8, 4) is 11.5 Å². The maximum atomic E-state index is 10.3. The first kappa shape index (κ1) is 19.4. The van der Waals surface area contributed by atoms with Crippen LogP contribution in [-0.2, 0) is 13.0 Å². The Bertz CT molecular complexity index is 538. The molecule has 136 valence electrons. The van der Waals surface area contributed by atoms with Crippen LogP contribution >= 0.6 is 12.4 Å². The number of hydrogen-bond acceptors (Lipinski definition) is 4. The van der Waals surface area contributed by atoms with E-state index in [1.54, 1.807) is 0 Å². The summed E-state index contributed by atoms with van der Waals surface area (Å²) in [7, 11) is 0. The summed E-state index contributed by atoms with van der Waals surface area (Å²) in [4.78, 5) is 2.46. The maximum Gasteiger partial charge on any atom is 0.161 e. The van der Waals surface area contributed by atoms with Crippen molar-refractivity contribution in [2.75, 3.05) is 19.8 Å². The van der Waals surface area contributed by atoms with Crippen molar-refractivity contribution >= 4 is 12.4 Å². The van der Waals surface area contributed by atoms with Crippen molar-refractivity contribution in [1.29, 1.82) is 0 Å². The van der Waals surface area contributed by atoms with Gasteiger partial charge in [-0.1, -0.05) is 12.8 Å². The van der Waals surface area contributed by atoms with Gasteiger partial charge < -0.3 is 14.6 Å². The Hall–Kier alpha value is -0.970. The van der Waals surface area contributed by atoms with Gasteiger partial charge in [0.25, 0.3) is 0 Å². The molecule has 0 bridgehead atoms. The minimum atomic E-state index is -0.167. The number of nitrogens with zero attached hydrogens (tertiary/aromatic N) is 1. The molecule has 0 aromatic heterocycles. The Morgan fingerprint density at radius 2 is 1.67 bits per heavy atom. The van der Waals surface area contributed by atoms with E-state index in [1.807, 2.05) is 13.8 Å². The van der Waals surface area contributed by atoms with Crippen molar-refractivity contribution in [3.63, 3.8) is 0 Å². The fourth-order valence-corrected chi connectivity index (χ4v) is 3.92. The Balaban J connectivity index is 0.00000208. The van der Waals surface area contributed by atoms with E-state index in [1.165, 1.54) is 17.5 Å². The number of benzene rings is 1. The van der Waals surface area contributed by atoms with Crippen molar-refractivity contribution < 1.29 is 14.6 Å². The van der Waals surface area contributed by atoms with Crippen LogP contribution in [0.25, 0.3) is 0 Å². The average molecular weight is 356 g/mol. The molecule has 4 nitrogen and oxygen atoms in total. The molecule has 1 fully saturated rings. The second kappa shape index (κ2) is 8.93. The fourth-order valence-electron chi connectivity index (χ4n) is 3.92. The van der Waals surface area contributed by atoms with Gasteiger partial charge >= 0.3 is 0 Å². The van der Waals surface area contributed by atoms with Crippen LogP contribution in [0.2, 0.25) is 0 Å². The molecule has 24 heavy (non-hydrogen) atoms. The maximum absolute atomic E-state index is 10.3. The van der Waals surface area contributed by atoms with Crippen molar-refractivity contribution in [2.24, 2.45) is 0 Å². The zero-order chi connectivity index (χ0) is 16.2. The quantitative estimate of drug-likeness (QED) is 0.876. The number of halogens is 1. The fraction of sp³-hybridized carbons (Fsp3) is 0.684. The van der Waals surface area contributed by atoms with Crippen molar-refractivity contribution in [3.05, 3.63) is 23.3 Å². The largest absolute Gasteiger partial charge is 0.490 e. The molecular formula is C19H30ClNO3. The van der Waals surface area contributed by atoms with Gasteiger partial charge in [-0.2, -0.15) is 0 Å². The topological polar surface area (TPSA) is 41.9 Å². The lowest BCUT2D eigenvalue weighted by Crippen LogP contribution is -2.47. The molecule has 0 radical (unpaired) electrons. The molecule has 0 spiro atoms. The van der Waals surface area contributed by atoms with Gasteiger partial charge in [0.05, 0.1) is 19.3 Å². The van der Waals surface area contributed by atoms with Gasteiger partial charge in [-0.3, -0.25) is 4.90 Å². The first-order valence-corrected chi connectivity index (χ1v) is 9.06. The van der Waals surface area contributed by atoms with Gasteiger partial charge in [0.1, 0.15) is 0 Å². The van der Waals surface area contributed by atoms with E-state index in [2.05, 4.69) is 17.0 Å². The Labute approximate surface area is 151 Å². The molecule has 1 aliphatic carbocycles. The normalized spacial score (nSPS) is 24.0. The molecule has 1 aliphatic heterocycles. The van der Waals surface area contributed by atoms with Crippen LogP contribution in [0.3, 0.4) is 0 Å². The van der Waals surface area contributed by atoms with E-state index < -0.39 is 0 Å². The summed E-state index contributed by atoms with van der Waals surface area (Å²) >= 11 is 0. The summed E-state index contributed by atoms with van der Waals surface area (Å²) < 4.78 is 11.5. The van der Waals surface area contributed by atoms with E-state index in [-0.39, 0.29) is 18.5 Å². The number of aliphatic hydroxyl groups excluding tert-OH is 1. The van der Waals surface area contributed by atoms with Gasteiger partial charge in [-0.25, -0.2) is 0 Å². The lowest BCUT2D eigenvalue weighted by molar-refractivity contribution is 0.0131. The van der Waals surface area contributed by atoms with Crippen molar-refractivity contribution in [2.45, 2.75) is 64.6 Å². The number of fused-ring (bicyclic) bond motifs is 1. The minimum absolute atomic E-state index is 0. The Kier molecular flexibility index (Phi) is 7.20. The minimum Gasteiger partial charge on any atom is -0.490 e. The summed E-state index contributed by atoms with van der Waals surface area (Å²) in [6.07, 6.45) is 5.31. The lowest BCUT2D eigenvalue weighted by Gasteiger charge is -2.40. The molecule has 2 atom stereocenters. The van der Waals surface area contributed by atoms with Gasteiger partial charge in [0, 0.05) is 19.1 Å². The van der Waals surface area contributed by atoms with Crippen LogP contribution in [0.15, 0.2) is 12.1 Å². The molecule has 1 aromatic rings. The summed E-state index contributed by atoms with van der Waals surface area (Å²) in [6.45, 7) is 7.22. The second-order valence-electron chi connectivity index (χ2n) is 6.57. The number of aliphatic hydroxyl groups is 1. The molecule has 1 aromatic carbocycles. The zero-order valence-electron chi connectivity index (χ0n) is 14.8. The standard InChI is InChI=1S/C19H29NO3.ClH/c1-3-22-18-11-14-9-10-20(16-7-5-6-8-17(16)21)13-15(14)12-19(18)23-4-2;/h11-12,16-17,21H,3-10,13H2,1-2H3;1H. The van der Waals surface area contributed by atoms with Gasteiger partial charge in [-0.05, 0) is 56.4 Å². The summed E-state index contributed by atoms with van der Waals surface area (Å²) in [5.41, 5.74) is 2.68. The van der Waals surface area contributed by atoms with Crippen LogP contribution < -0.4 is 9.47 Å². The molecule has 2 unspecified atom stereocenters. The molecule has 0 saturated heterocycles. The molecular weight excluding hydrogens is 326 g/mol. The van der Waals surface area contributed by atoms with E-state index in [4.69, 9.17) is 9.47 Å². The zero-order valence-corrected chi connectivity index (χ0v) is 15.6. The first-order chi connectivity index (χ1) is 11.2. The highest BCUT2D eigenvalue weighted by Crippen LogP contribution is 2.35. The van der Waals surface area contributed by atoms with Crippen LogP contribution in [0.1, 0.15) is 50.7 Å². The summed E-state index contributed by atoms with van der Waals surface area (Å²) in [5.74, 6) is 1.71. The number of hydrogen-bond donors (Lipinski definition) is 1. The third-order valence-corrected chi connectivity index (χ3v) is 5.07. The Morgan fingerprint density at radius 3 is 2.29 bits per heavy atom. The predicted octanol–water partition coefficient (Wildman–Crippen LogP) is 3.57. The monoisotopic (exact) mass is 355 g/mol. The predicted molar refractivity (Wildman–Crippen MR) is 98.4 cm³/mol. The summed E-state index contributed by atoms with van der Waals surface area (Å²) in [5, 5.41) is 10.3. The second-order valence-corrected chi connectivity index (χ2v) is 6.57. The highest BCUT2D eigenvalue weighted by atomic mass is 35.5. The van der Waals surface area contributed by atoms with Crippen LogP contribution in [0, 0.1) is 0 Å². The first-order valence-electron chi connectivity index (χ1n) is 9.06. The van der Waals surface area contributed by atoms with Gasteiger partial charge in [-0.15, -0.1) is 12.4 Å². The molecule has 3 rings (SSSR count). The smallest absolute Gasteiger partial charge is 0.161 e. The van der Waals surface area contributed by atoms with E-state index in [0.29, 0.717) is 19.3 Å². The highest BCUT2D eigenvalue weighted by molar-refractivity contribution is 5.85. The average Bonchev–Trinajstić information content (AvgIpc) is 2.56. The van der Waals surface area contributed by atoms with E-state index in [9.17, 15) is 5.11 Å². The molecule has 1 N–H and O–H groups in total. The molecule has 0 amide bonds. The number of rotatable bonds is 5. The SMILES string of the molecule is CCOc1cc2c(cc1OCC)CN(C1CCCCC1O)CC2.Cl. The third-order valence-electron chi connectivity index (χ3n) is 5.07. The Morgan fingerprint density at radius 1 is 1.04 bits per heavy atom. The van der Waals surface area contributed by atoms with Gasteiger partial charge in [0.15, 0.2) is 11.5 Å². The van der Waals surface area contributed by atoms with Crippen LogP contribution in [0.4, 0.5) is 0 Å². The van der Waals surface area contributed by atoms with E-state index in [0.717, 1.165) is 50.3 Å². The van der Waals surface area contributed by atoms with Gasteiger partial charge in [0.2, 0.25) is 0 Å².